The van der Waals surface area contributed by atoms with Crippen molar-refractivity contribution in [3.63, 3.8) is 0 Å². The van der Waals surface area contributed by atoms with Crippen LogP contribution >= 0.6 is 0 Å². The number of nitrogens with zero attached hydrogens (tertiary/aromatic N) is 1. The summed E-state index contributed by atoms with van der Waals surface area (Å²) in [7, 11) is 2.10. The van der Waals surface area contributed by atoms with Crippen LogP contribution < -0.4 is 10.6 Å². The van der Waals surface area contributed by atoms with Crippen LogP contribution in [0.2, 0.25) is 0 Å². The number of carboxylic acid groups (broad SMARTS) is 1. The molecule has 1 aliphatic carbocycles. The lowest BCUT2D eigenvalue weighted by atomic mass is 9.97. The van der Waals surface area contributed by atoms with Gasteiger partial charge in [0.05, 0.1) is 0 Å². The van der Waals surface area contributed by atoms with Crippen molar-refractivity contribution in [2.45, 2.75) is 31.7 Å². The number of carbonyl (C=O) groups is 2. The van der Waals surface area contributed by atoms with Crippen LogP contribution in [0.4, 0.5) is 4.79 Å². The zero-order valence-electron chi connectivity index (χ0n) is 11.4. The molecule has 1 heterocycles. The molecular weight excluding hydrogens is 246 g/mol. The molecule has 108 valence electrons. The fourth-order valence-electron chi connectivity index (χ4n) is 2.51. The molecule has 2 fully saturated rings. The van der Waals surface area contributed by atoms with Crippen molar-refractivity contribution in [2.75, 3.05) is 26.7 Å². The molecule has 2 aliphatic rings. The van der Waals surface area contributed by atoms with E-state index in [0.717, 1.165) is 38.8 Å². The van der Waals surface area contributed by atoms with Crippen LogP contribution in [-0.2, 0) is 4.79 Å². The van der Waals surface area contributed by atoms with Crippen LogP contribution in [0.25, 0.3) is 0 Å². The molecule has 1 saturated heterocycles. The second-order valence-corrected chi connectivity index (χ2v) is 5.75. The molecule has 1 saturated carbocycles. The van der Waals surface area contributed by atoms with Gasteiger partial charge in [0.1, 0.15) is 6.04 Å². The van der Waals surface area contributed by atoms with Gasteiger partial charge >= 0.3 is 12.0 Å². The number of hydrogen-bond acceptors (Lipinski definition) is 3. The fourth-order valence-corrected chi connectivity index (χ4v) is 2.51. The summed E-state index contributed by atoms with van der Waals surface area (Å²) in [5.41, 5.74) is 0. The van der Waals surface area contributed by atoms with Gasteiger partial charge in [-0.2, -0.15) is 0 Å². The van der Waals surface area contributed by atoms with E-state index in [0.29, 0.717) is 12.5 Å². The number of rotatable bonds is 5. The number of nitrogens with one attached hydrogen (secondary N) is 2. The maximum absolute atomic E-state index is 11.7. The Bertz CT molecular complexity index is 336. The Hall–Kier alpha value is -1.30. The monoisotopic (exact) mass is 269 g/mol. The van der Waals surface area contributed by atoms with E-state index in [-0.39, 0.29) is 11.9 Å². The minimum Gasteiger partial charge on any atom is -0.480 e. The Kier molecular flexibility index (Phi) is 4.63. The maximum atomic E-state index is 11.7. The lowest BCUT2D eigenvalue weighted by molar-refractivity contribution is -0.139. The molecule has 1 atom stereocenters. The summed E-state index contributed by atoms with van der Waals surface area (Å²) >= 11 is 0. The van der Waals surface area contributed by atoms with Gasteiger partial charge in [-0.3, -0.25) is 0 Å². The predicted molar refractivity (Wildman–Crippen MR) is 70.9 cm³/mol. The normalized spacial score (nSPS) is 22.8. The van der Waals surface area contributed by atoms with Crippen molar-refractivity contribution >= 4 is 12.0 Å². The number of urea groups is 1. The first-order chi connectivity index (χ1) is 9.06. The zero-order chi connectivity index (χ0) is 13.8. The third kappa shape index (κ3) is 4.38. The van der Waals surface area contributed by atoms with Crippen LogP contribution in [-0.4, -0.2) is 54.7 Å². The fraction of sp³-hybridized carbons (Fsp3) is 0.846. The maximum Gasteiger partial charge on any atom is 0.326 e. The highest BCUT2D eigenvalue weighted by molar-refractivity contribution is 5.83. The largest absolute Gasteiger partial charge is 0.480 e. The van der Waals surface area contributed by atoms with E-state index in [1.807, 2.05) is 0 Å². The van der Waals surface area contributed by atoms with Crippen LogP contribution in [0.3, 0.4) is 0 Å². The second kappa shape index (κ2) is 6.23. The van der Waals surface area contributed by atoms with E-state index in [4.69, 9.17) is 5.11 Å². The van der Waals surface area contributed by atoms with Crippen molar-refractivity contribution < 1.29 is 14.7 Å². The molecule has 0 bridgehead atoms. The van der Waals surface area contributed by atoms with Crippen molar-refractivity contribution in [1.29, 1.82) is 0 Å². The molecule has 6 nitrogen and oxygen atoms in total. The van der Waals surface area contributed by atoms with E-state index in [1.165, 1.54) is 0 Å². The molecule has 19 heavy (non-hydrogen) atoms. The van der Waals surface area contributed by atoms with Gasteiger partial charge in [0.2, 0.25) is 0 Å². The quantitative estimate of drug-likeness (QED) is 0.678. The van der Waals surface area contributed by atoms with Gasteiger partial charge in [-0.25, -0.2) is 9.59 Å². The zero-order valence-corrected chi connectivity index (χ0v) is 11.4. The van der Waals surface area contributed by atoms with E-state index in [2.05, 4.69) is 22.6 Å². The summed E-state index contributed by atoms with van der Waals surface area (Å²) in [6.45, 7) is 2.76. The standard InChI is InChI=1S/C13H23N3O3/c1-16-6-4-9(5-7-16)8-14-13(19)15-11(12(17)18)10-2-3-10/h9-11H,2-8H2,1H3,(H,17,18)(H2,14,15,19). The molecule has 2 rings (SSSR count). The van der Waals surface area contributed by atoms with Gasteiger partial charge < -0.3 is 20.6 Å². The molecule has 1 unspecified atom stereocenters. The van der Waals surface area contributed by atoms with Gasteiger partial charge in [-0.05, 0) is 57.7 Å². The van der Waals surface area contributed by atoms with Crippen LogP contribution in [0.5, 0.6) is 0 Å². The summed E-state index contributed by atoms with van der Waals surface area (Å²) < 4.78 is 0. The first-order valence-corrected chi connectivity index (χ1v) is 7.02. The van der Waals surface area contributed by atoms with Crippen molar-refractivity contribution in [3.8, 4) is 0 Å². The van der Waals surface area contributed by atoms with Crippen molar-refractivity contribution in [3.05, 3.63) is 0 Å². The van der Waals surface area contributed by atoms with E-state index < -0.39 is 12.0 Å². The third-order valence-electron chi connectivity index (χ3n) is 4.04. The lowest BCUT2D eigenvalue weighted by Gasteiger charge is -2.29. The topological polar surface area (TPSA) is 81.7 Å². The highest BCUT2D eigenvalue weighted by Crippen LogP contribution is 2.32. The highest BCUT2D eigenvalue weighted by Gasteiger charge is 2.37. The molecule has 3 N–H and O–H groups in total. The smallest absolute Gasteiger partial charge is 0.326 e. The SMILES string of the molecule is CN1CCC(CNC(=O)NC(C(=O)O)C2CC2)CC1. The minimum atomic E-state index is -0.933. The first-order valence-electron chi connectivity index (χ1n) is 7.02. The molecule has 0 radical (unpaired) electrons. The van der Waals surface area contributed by atoms with Crippen molar-refractivity contribution in [1.82, 2.24) is 15.5 Å². The minimum absolute atomic E-state index is 0.117. The predicted octanol–water partition coefficient (Wildman–Crippen LogP) is 0.491. The van der Waals surface area contributed by atoms with Gasteiger partial charge in [0.15, 0.2) is 0 Å². The summed E-state index contributed by atoms with van der Waals surface area (Å²) in [5.74, 6) is -0.310. The average Bonchev–Trinajstić information content (AvgIpc) is 3.19. The first kappa shape index (κ1) is 14.1. The summed E-state index contributed by atoms with van der Waals surface area (Å²) in [4.78, 5) is 25.0. The summed E-state index contributed by atoms with van der Waals surface area (Å²) in [6, 6.07) is -1.07. The Balaban J connectivity index is 1.67. The number of aliphatic carboxylic acids is 1. The highest BCUT2D eigenvalue weighted by atomic mass is 16.4. The van der Waals surface area contributed by atoms with Crippen LogP contribution in [0, 0.1) is 11.8 Å². The van der Waals surface area contributed by atoms with Gasteiger partial charge in [0, 0.05) is 6.54 Å². The number of carbonyl (C=O) groups excluding carboxylic acids is 1. The Labute approximate surface area is 113 Å². The Morgan fingerprint density at radius 3 is 2.42 bits per heavy atom. The average molecular weight is 269 g/mol. The van der Waals surface area contributed by atoms with E-state index in [9.17, 15) is 9.59 Å². The lowest BCUT2D eigenvalue weighted by Crippen LogP contribution is -2.48. The summed E-state index contributed by atoms with van der Waals surface area (Å²) in [5, 5.41) is 14.4. The molecule has 1 aliphatic heterocycles. The van der Waals surface area contributed by atoms with Gasteiger partial charge in [-0.15, -0.1) is 0 Å². The van der Waals surface area contributed by atoms with Crippen molar-refractivity contribution in [2.24, 2.45) is 11.8 Å². The van der Waals surface area contributed by atoms with E-state index in [1.54, 1.807) is 0 Å². The number of amides is 2. The molecular formula is C13H23N3O3. The number of carboxylic acids is 1. The molecule has 0 aromatic heterocycles. The van der Waals surface area contributed by atoms with Crippen LogP contribution in [0.1, 0.15) is 25.7 Å². The molecule has 0 aromatic carbocycles. The Morgan fingerprint density at radius 2 is 1.89 bits per heavy atom. The second-order valence-electron chi connectivity index (χ2n) is 5.75. The van der Waals surface area contributed by atoms with Crippen LogP contribution in [0.15, 0.2) is 0 Å². The summed E-state index contributed by atoms with van der Waals surface area (Å²) in [6.07, 6.45) is 3.96. The van der Waals surface area contributed by atoms with Gasteiger partial charge in [-0.1, -0.05) is 0 Å². The molecule has 6 heteroatoms. The number of piperidine rings is 1. The molecule has 0 spiro atoms. The molecule has 0 aromatic rings. The number of hydrogen-bond donors (Lipinski definition) is 3. The Morgan fingerprint density at radius 1 is 1.26 bits per heavy atom. The third-order valence-corrected chi connectivity index (χ3v) is 4.04. The number of likely N-dealkylation sites (tertiary alicyclic amines) is 1. The molecule has 2 amide bonds. The van der Waals surface area contributed by atoms with E-state index >= 15 is 0 Å². The van der Waals surface area contributed by atoms with Gasteiger partial charge in [0.25, 0.3) is 0 Å².